The Balaban J connectivity index is 2.19. The molecule has 0 saturated carbocycles. The SMILES string of the molecule is OCc1cccc(Br)c1OCc1ccc(F)cc1Br. The Morgan fingerprint density at radius 2 is 1.84 bits per heavy atom. The van der Waals surface area contributed by atoms with Gasteiger partial charge < -0.3 is 9.84 Å². The second kappa shape index (κ2) is 6.50. The molecule has 0 bridgehead atoms. The highest BCUT2D eigenvalue weighted by molar-refractivity contribution is 9.10. The lowest BCUT2D eigenvalue weighted by Crippen LogP contribution is -2.00. The van der Waals surface area contributed by atoms with Crippen LogP contribution in [0.15, 0.2) is 45.3 Å². The molecule has 0 spiro atoms. The summed E-state index contributed by atoms with van der Waals surface area (Å²) in [5.74, 6) is 0.300. The fourth-order valence-corrected chi connectivity index (χ4v) is 2.62. The number of aliphatic hydroxyl groups is 1. The molecule has 1 N–H and O–H groups in total. The quantitative estimate of drug-likeness (QED) is 0.838. The van der Waals surface area contributed by atoms with E-state index in [1.807, 2.05) is 12.1 Å². The van der Waals surface area contributed by atoms with Crippen molar-refractivity contribution in [3.63, 3.8) is 0 Å². The van der Waals surface area contributed by atoms with Crippen molar-refractivity contribution in [3.8, 4) is 5.75 Å². The Labute approximate surface area is 127 Å². The third-order valence-corrected chi connectivity index (χ3v) is 3.97. The van der Waals surface area contributed by atoms with Crippen molar-refractivity contribution in [2.75, 3.05) is 0 Å². The summed E-state index contributed by atoms with van der Waals surface area (Å²) in [7, 11) is 0. The predicted molar refractivity (Wildman–Crippen MR) is 78.5 cm³/mol. The van der Waals surface area contributed by atoms with E-state index >= 15 is 0 Å². The Kier molecular flexibility index (Phi) is 4.96. The fraction of sp³-hybridized carbons (Fsp3) is 0.143. The Bertz CT molecular complexity index is 588. The zero-order chi connectivity index (χ0) is 13.8. The molecule has 0 unspecified atom stereocenters. The van der Waals surface area contributed by atoms with Crippen LogP contribution in [0, 0.1) is 5.82 Å². The smallest absolute Gasteiger partial charge is 0.139 e. The minimum absolute atomic E-state index is 0.0979. The number of ether oxygens (including phenoxy) is 1. The summed E-state index contributed by atoms with van der Waals surface area (Å²) in [5.41, 5.74) is 1.54. The van der Waals surface area contributed by atoms with Crippen LogP contribution in [0.3, 0.4) is 0 Å². The summed E-state index contributed by atoms with van der Waals surface area (Å²) in [6.45, 7) is 0.190. The number of hydrogen-bond donors (Lipinski definition) is 1. The van der Waals surface area contributed by atoms with Gasteiger partial charge >= 0.3 is 0 Å². The molecule has 0 saturated heterocycles. The first kappa shape index (κ1) is 14.5. The van der Waals surface area contributed by atoms with Crippen molar-refractivity contribution in [2.45, 2.75) is 13.2 Å². The van der Waals surface area contributed by atoms with Crippen LogP contribution in [0.1, 0.15) is 11.1 Å². The van der Waals surface area contributed by atoms with Crippen molar-refractivity contribution in [2.24, 2.45) is 0 Å². The molecular weight excluding hydrogens is 379 g/mol. The van der Waals surface area contributed by atoms with Crippen LogP contribution < -0.4 is 4.74 Å². The van der Waals surface area contributed by atoms with E-state index in [0.717, 1.165) is 10.0 Å². The molecule has 2 rings (SSSR count). The topological polar surface area (TPSA) is 29.5 Å². The lowest BCUT2D eigenvalue weighted by Gasteiger charge is -2.13. The molecule has 2 nitrogen and oxygen atoms in total. The minimum Gasteiger partial charge on any atom is -0.487 e. The standard InChI is InChI=1S/C14H11Br2FO2/c15-12-3-1-2-9(7-18)14(12)19-8-10-4-5-11(17)6-13(10)16/h1-6,18H,7-8H2. The first-order valence-electron chi connectivity index (χ1n) is 5.57. The molecule has 0 atom stereocenters. The molecule has 0 aliphatic carbocycles. The Morgan fingerprint density at radius 1 is 1.05 bits per heavy atom. The van der Waals surface area contributed by atoms with Crippen molar-refractivity contribution in [3.05, 3.63) is 62.3 Å². The molecule has 0 aliphatic rings. The van der Waals surface area contributed by atoms with Gasteiger partial charge in [0.2, 0.25) is 0 Å². The number of benzene rings is 2. The summed E-state index contributed by atoms with van der Waals surface area (Å²) in [4.78, 5) is 0. The van der Waals surface area contributed by atoms with E-state index in [-0.39, 0.29) is 19.0 Å². The van der Waals surface area contributed by atoms with Crippen LogP contribution in [0.2, 0.25) is 0 Å². The Morgan fingerprint density at radius 3 is 2.53 bits per heavy atom. The minimum atomic E-state index is -0.299. The molecule has 0 fully saturated rings. The lowest BCUT2D eigenvalue weighted by atomic mass is 10.2. The van der Waals surface area contributed by atoms with Crippen molar-refractivity contribution in [1.29, 1.82) is 0 Å². The van der Waals surface area contributed by atoms with E-state index in [4.69, 9.17) is 4.74 Å². The molecule has 2 aromatic carbocycles. The van der Waals surface area contributed by atoms with Gasteiger partial charge in [-0.25, -0.2) is 4.39 Å². The van der Waals surface area contributed by atoms with Crippen LogP contribution in [0.25, 0.3) is 0 Å². The second-order valence-corrected chi connectivity index (χ2v) is 5.62. The maximum atomic E-state index is 13.0. The first-order chi connectivity index (χ1) is 9.11. The highest BCUT2D eigenvalue weighted by Gasteiger charge is 2.09. The van der Waals surface area contributed by atoms with Crippen LogP contribution in [0.4, 0.5) is 4.39 Å². The van der Waals surface area contributed by atoms with Crippen molar-refractivity contribution < 1.29 is 14.2 Å². The number of aliphatic hydroxyl groups excluding tert-OH is 1. The van der Waals surface area contributed by atoms with Crippen LogP contribution >= 0.6 is 31.9 Å². The number of hydrogen-bond acceptors (Lipinski definition) is 2. The van der Waals surface area contributed by atoms with E-state index in [2.05, 4.69) is 31.9 Å². The molecule has 19 heavy (non-hydrogen) atoms. The van der Waals surface area contributed by atoms with Gasteiger partial charge in [-0.3, -0.25) is 0 Å². The van der Waals surface area contributed by atoms with Crippen molar-refractivity contribution >= 4 is 31.9 Å². The van der Waals surface area contributed by atoms with Gasteiger partial charge in [-0.2, -0.15) is 0 Å². The maximum Gasteiger partial charge on any atom is 0.139 e. The number of para-hydroxylation sites is 1. The third kappa shape index (κ3) is 3.55. The fourth-order valence-electron chi connectivity index (χ4n) is 1.63. The molecule has 0 amide bonds. The van der Waals surface area contributed by atoms with Gasteiger partial charge in [-0.15, -0.1) is 0 Å². The van der Waals surface area contributed by atoms with Gasteiger partial charge in [-0.1, -0.05) is 34.1 Å². The molecule has 5 heteroatoms. The summed E-state index contributed by atoms with van der Waals surface area (Å²) in [6.07, 6.45) is 0. The predicted octanol–water partition coefficient (Wildman–Crippen LogP) is 4.42. The summed E-state index contributed by atoms with van der Waals surface area (Å²) in [6, 6.07) is 9.90. The molecule has 0 aliphatic heterocycles. The number of rotatable bonds is 4. The summed E-state index contributed by atoms with van der Waals surface area (Å²) < 4.78 is 20.1. The average Bonchev–Trinajstić information content (AvgIpc) is 2.39. The number of halogens is 3. The van der Waals surface area contributed by atoms with Gasteiger partial charge in [0.25, 0.3) is 0 Å². The largest absolute Gasteiger partial charge is 0.487 e. The summed E-state index contributed by atoms with van der Waals surface area (Å²) in [5, 5.41) is 9.27. The monoisotopic (exact) mass is 388 g/mol. The zero-order valence-electron chi connectivity index (χ0n) is 9.87. The molecule has 0 radical (unpaired) electrons. The maximum absolute atomic E-state index is 13.0. The van der Waals surface area contributed by atoms with Crippen LogP contribution in [0.5, 0.6) is 5.75 Å². The Hall–Kier alpha value is -0.910. The lowest BCUT2D eigenvalue weighted by molar-refractivity contribution is 0.258. The van der Waals surface area contributed by atoms with Crippen LogP contribution in [-0.4, -0.2) is 5.11 Å². The molecule has 0 aromatic heterocycles. The highest BCUT2D eigenvalue weighted by atomic mass is 79.9. The van der Waals surface area contributed by atoms with E-state index in [0.29, 0.717) is 15.8 Å². The van der Waals surface area contributed by atoms with Gasteiger partial charge in [0.05, 0.1) is 11.1 Å². The van der Waals surface area contributed by atoms with E-state index < -0.39 is 0 Å². The third-order valence-electron chi connectivity index (χ3n) is 2.61. The van der Waals surface area contributed by atoms with Gasteiger partial charge in [0.1, 0.15) is 18.2 Å². The normalized spacial score (nSPS) is 10.5. The van der Waals surface area contributed by atoms with Gasteiger partial charge in [0.15, 0.2) is 0 Å². The average molecular weight is 390 g/mol. The van der Waals surface area contributed by atoms with Gasteiger partial charge in [-0.05, 0) is 34.1 Å². The van der Waals surface area contributed by atoms with Gasteiger partial charge in [0, 0.05) is 15.6 Å². The second-order valence-electron chi connectivity index (χ2n) is 3.91. The molecule has 0 heterocycles. The molecular formula is C14H11Br2FO2. The van der Waals surface area contributed by atoms with E-state index in [1.165, 1.54) is 12.1 Å². The van der Waals surface area contributed by atoms with E-state index in [1.54, 1.807) is 12.1 Å². The molecule has 100 valence electrons. The van der Waals surface area contributed by atoms with Crippen LogP contribution in [-0.2, 0) is 13.2 Å². The molecule has 2 aromatic rings. The summed E-state index contributed by atoms with van der Waals surface area (Å²) >= 11 is 6.68. The zero-order valence-corrected chi connectivity index (χ0v) is 13.0. The van der Waals surface area contributed by atoms with E-state index in [9.17, 15) is 9.50 Å². The van der Waals surface area contributed by atoms with Crippen molar-refractivity contribution in [1.82, 2.24) is 0 Å². The first-order valence-corrected chi connectivity index (χ1v) is 7.15. The highest BCUT2D eigenvalue weighted by Crippen LogP contribution is 2.30.